The maximum absolute atomic E-state index is 12.9. The number of nitrogens with zero attached hydrogens (tertiary/aromatic N) is 2. The number of hydrogen-bond acceptors (Lipinski definition) is 2. The van der Waals surface area contributed by atoms with Crippen LogP contribution in [-0.4, -0.2) is 15.7 Å². The van der Waals surface area contributed by atoms with E-state index < -0.39 is 0 Å². The Morgan fingerprint density at radius 2 is 1.74 bits per heavy atom. The van der Waals surface area contributed by atoms with Gasteiger partial charge in [-0.3, -0.25) is 4.79 Å². The van der Waals surface area contributed by atoms with Crippen LogP contribution >= 0.6 is 0 Å². The molecule has 0 radical (unpaired) electrons. The van der Waals surface area contributed by atoms with Gasteiger partial charge in [0, 0.05) is 5.56 Å². The van der Waals surface area contributed by atoms with Crippen molar-refractivity contribution < 1.29 is 4.79 Å². The molecule has 1 amide bonds. The molecule has 0 aliphatic carbocycles. The maximum atomic E-state index is 12.9. The quantitative estimate of drug-likeness (QED) is 0.744. The third-order valence-electron chi connectivity index (χ3n) is 4.96. The highest BCUT2D eigenvalue weighted by Gasteiger charge is 2.37. The SMILES string of the molecule is Cc1cc(C)cc(-n2nc(CC(C)C)c3c2C(=O)NC3c2ccccc2)c1. The first-order chi connectivity index (χ1) is 12.9. The molecule has 2 heterocycles. The molecule has 1 aliphatic rings. The van der Waals surface area contributed by atoms with E-state index in [9.17, 15) is 4.79 Å². The average molecular weight is 359 g/mol. The molecule has 0 bridgehead atoms. The molecule has 0 saturated carbocycles. The monoisotopic (exact) mass is 359 g/mol. The average Bonchev–Trinajstić information content (AvgIpc) is 3.14. The Balaban J connectivity index is 1.92. The molecule has 1 aliphatic heterocycles. The fraction of sp³-hybridized carbons (Fsp3) is 0.304. The third-order valence-corrected chi connectivity index (χ3v) is 4.96. The summed E-state index contributed by atoms with van der Waals surface area (Å²) in [4.78, 5) is 12.9. The Hall–Kier alpha value is -2.88. The number of benzene rings is 2. The number of aromatic nitrogens is 2. The first-order valence-corrected chi connectivity index (χ1v) is 9.50. The van der Waals surface area contributed by atoms with Gasteiger partial charge >= 0.3 is 0 Å². The standard InChI is InChI=1S/C23H25N3O/c1-14(2)10-19-20-21(17-8-6-5-7-9-17)24-23(27)22(20)26(25-19)18-12-15(3)11-16(4)13-18/h5-9,11-14,21H,10H2,1-4H3,(H,24,27). The third kappa shape index (κ3) is 3.16. The molecule has 1 aromatic heterocycles. The zero-order chi connectivity index (χ0) is 19.1. The molecule has 0 spiro atoms. The highest BCUT2D eigenvalue weighted by molar-refractivity contribution is 5.99. The van der Waals surface area contributed by atoms with Gasteiger partial charge in [0.05, 0.1) is 17.4 Å². The first-order valence-electron chi connectivity index (χ1n) is 9.50. The molecule has 4 heteroatoms. The molecule has 3 aromatic rings. The fourth-order valence-electron chi connectivity index (χ4n) is 3.96. The van der Waals surface area contributed by atoms with Gasteiger partial charge in [0.15, 0.2) is 0 Å². The van der Waals surface area contributed by atoms with Crippen LogP contribution in [0.1, 0.15) is 58.3 Å². The number of aryl methyl sites for hydroxylation is 2. The Bertz CT molecular complexity index is 982. The van der Waals surface area contributed by atoms with Crippen LogP contribution in [0.25, 0.3) is 5.69 Å². The summed E-state index contributed by atoms with van der Waals surface area (Å²) >= 11 is 0. The smallest absolute Gasteiger partial charge is 0.271 e. The summed E-state index contributed by atoms with van der Waals surface area (Å²) in [6.45, 7) is 8.51. The van der Waals surface area contributed by atoms with Crippen LogP contribution in [0.5, 0.6) is 0 Å². The van der Waals surface area contributed by atoms with E-state index in [1.54, 1.807) is 0 Å². The van der Waals surface area contributed by atoms with Crippen LogP contribution in [0.4, 0.5) is 0 Å². The van der Waals surface area contributed by atoms with E-state index in [0.717, 1.165) is 40.1 Å². The van der Waals surface area contributed by atoms with Gasteiger partial charge in [-0.2, -0.15) is 5.10 Å². The van der Waals surface area contributed by atoms with Crippen molar-refractivity contribution in [1.82, 2.24) is 15.1 Å². The molecule has 4 rings (SSSR count). The molecular weight excluding hydrogens is 334 g/mol. The zero-order valence-electron chi connectivity index (χ0n) is 16.3. The molecule has 1 atom stereocenters. The summed E-state index contributed by atoms with van der Waals surface area (Å²) in [7, 11) is 0. The van der Waals surface area contributed by atoms with E-state index in [0.29, 0.717) is 11.6 Å². The number of amides is 1. The zero-order valence-corrected chi connectivity index (χ0v) is 16.3. The summed E-state index contributed by atoms with van der Waals surface area (Å²) < 4.78 is 1.84. The summed E-state index contributed by atoms with van der Waals surface area (Å²) in [5.41, 5.74) is 7.07. The second kappa shape index (κ2) is 6.69. The summed E-state index contributed by atoms with van der Waals surface area (Å²) in [6, 6.07) is 16.3. The van der Waals surface area contributed by atoms with E-state index in [-0.39, 0.29) is 11.9 Å². The van der Waals surface area contributed by atoms with Gasteiger partial charge in [0.1, 0.15) is 5.69 Å². The van der Waals surface area contributed by atoms with Crippen LogP contribution in [0.2, 0.25) is 0 Å². The van der Waals surface area contributed by atoms with Crippen molar-refractivity contribution >= 4 is 5.91 Å². The Morgan fingerprint density at radius 3 is 2.37 bits per heavy atom. The Morgan fingerprint density at radius 1 is 1.07 bits per heavy atom. The molecule has 27 heavy (non-hydrogen) atoms. The summed E-state index contributed by atoms with van der Waals surface area (Å²) in [5, 5.41) is 8.08. The van der Waals surface area contributed by atoms with Crippen LogP contribution in [0.15, 0.2) is 48.5 Å². The Kier molecular flexibility index (Phi) is 4.34. The minimum absolute atomic E-state index is 0.0551. The van der Waals surface area contributed by atoms with Crippen molar-refractivity contribution in [3.8, 4) is 5.69 Å². The molecule has 2 aromatic carbocycles. The number of carbonyl (C=O) groups excluding carboxylic acids is 1. The lowest BCUT2D eigenvalue weighted by atomic mass is 9.96. The largest absolute Gasteiger partial charge is 0.340 e. The maximum Gasteiger partial charge on any atom is 0.271 e. The van der Waals surface area contributed by atoms with Crippen molar-refractivity contribution in [2.45, 2.75) is 40.2 Å². The van der Waals surface area contributed by atoms with Crippen molar-refractivity contribution in [3.63, 3.8) is 0 Å². The minimum Gasteiger partial charge on any atom is -0.340 e. The lowest BCUT2D eigenvalue weighted by Crippen LogP contribution is -2.23. The van der Waals surface area contributed by atoms with Crippen molar-refractivity contribution in [1.29, 1.82) is 0 Å². The molecule has 0 saturated heterocycles. The Labute approximate surface area is 160 Å². The highest BCUT2D eigenvalue weighted by atomic mass is 16.2. The van der Waals surface area contributed by atoms with Crippen LogP contribution < -0.4 is 5.32 Å². The van der Waals surface area contributed by atoms with Gasteiger partial charge in [-0.15, -0.1) is 0 Å². The van der Waals surface area contributed by atoms with Gasteiger partial charge in [-0.25, -0.2) is 4.68 Å². The minimum atomic E-state index is -0.137. The molecule has 138 valence electrons. The normalized spacial score (nSPS) is 15.9. The number of hydrogen-bond donors (Lipinski definition) is 1. The molecule has 1 unspecified atom stereocenters. The van der Waals surface area contributed by atoms with E-state index >= 15 is 0 Å². The lowest BCUT2D eigenvalue weighted by Gasteiger charge is -2.14. The van der Waals surface area contributed by atoms with E-state index in [2.05, 4.69) is 63.3 Å². The summed E-state index contributed by atoms with van der Waals surface area (Å²) in [6.07, 6.45) is 0.846. The second-order valence-corrected chi connectivity index (χ2v) is 7.88. The summed E-state index contributed by atoms with van der Waals surface area (Å²) in [5.74, 6) is 0.407. The van der Waals surface area contributed by atoms with Crippen LogP contribution in [0, 0.1) is 19.8 Å². The number of nitrogens with one attached hydrogen (secondary N) is 1. The number of carbonyl (C=O) groups is 1. The predicted octanol–water partition coefficient (Wildman–Crippen LogP) is 4.52. The van der Waals surface area contributed by atoms with Crippen molar-refractivity contribution in [2.24, 2.45) is 5.92 Å². The van der Waals surface area contributed by atoms with Crippen molar-refractivity contribution in [2.75, 3.05) is 0 Å². The van der Waals surface area contributed by atoms with Gasteiger partial charge in [-0.1, -0.05) is 50.2 Å². The van der Waals surface area contributed by atoms with Gasteiger partial charge in [0.2, 0.25) is 0 Å². The second-order valence-electron chi connectivity index (χ2n) is 7.88. The van der Waals surface area contributed by atoms with Gasteiger partial charge in [0.25, 0.3) is 5.91 Å². The van der Waals surface area contributed by atoms with E-state index in [1.165, 1.54) is 0 Å². The fourth-order valence-corrected chi connectivity index (χ4v) is 3.96. The highest BCUT2D eigenvalue weighted by Crippen LogP contribution is 2.36. The van der Waals surface area contributed by atoms with E-state index in [1.807, 2.05) is 22.9 Å². The van der Waals surface area contributed by atoms with Crippen LogP contribution in [-0.2, 0) is 6.42 Å². The molecular formula is C23H25N3O. The topological polar surface area (TPSA) is 46.9 Å². The van der Waals surface area contributed by atoms with Crippen LogP contribution in [0.3, 0.4) is 0 Å². The number of fused-ring (bicyclic) bond motifs is 1. The number of rotatable bonds is 4. The van der Waals surface area contributed by atoms with Crippen molar-refractivity contribution in [3.05, 3.63) is 82.2 Å². The molecule has 0 fully saturated rings. The molecule has 1 N–H and O–H groups in total. The van der Waals surface area contributed by atoms with Gasteiger partial charge < -0.3 is 5.32 Å². The first kappa shape index (κ1) is 17.5. The van der Waals surface area contributed by atoms with E-state index in [4.69, 9.17) is 5.10 Å². The molecule has 4 nitrogen and oxygen atoms in total. The predicted molar refractivity (Wildman–Crippen MR) is 107 cm³/mol. The van der Waals surface area contributed by atoms with Gasteiger partial charge in [-0.05, 0) is 55.0 Å². The lowest BCUT2D eigenvalue weighted by molar-refractivity contribution is 0.0953.